The largest absolute Gasteiger partial charge is 0.493 e. The number of thioether (sulfide) groups is 1. The highest BCUT2D eigenvalue weighted by Crippen LogP contribution is 2.31. The van der Waals surface area contributed by atoms with E-state index in [1.807, 2.05) is 0 Å². The van der Waals surface area contributed by atoms with Gasteiger partial charge in [-0.2, -0.15) is 0 Å². The van der Waals surface area contributed by atoms with Crippen molar-refractivity contribution in [3.8, 4) is 23.0 Å². The molecule has 3 N–H and O–H groups in total. The van der Waals surface area contributed by atoms with Gasteiger partial charge in [0.25, 0.3) is 0 Å². The zero-order valence-corrected chi connectivity index (χ0v) is 13.1. The van der Waals surface area contributed by atoms with Crippen molar-refractivity contribution in [3.63, 3.8) is 0 Å². The van der Waals surface area contributed by atoms with Gasteiger partial charge in [-0.25, -0.2) is 0 Å². The molecule has 0 unspecified atom stereocenters. The normalized spacial score (nSPS) is 9.81. The van der Waals surface area contributed by atoms with Gasteiger partial charge in [0.05, 0.1) is 20.0 Å². The summed E-state index contributed by atoms with van der Waals surface area (Å²) in [4.78, 5) is 0. The Morgan fingerprint density at radius 3 is 2.62 bits per heavy atom. The zero-order valence-electron chi connectivity index (χ0n) is 11.5. The van der Waals surface area contributed by atoms with Gasteiger partial charge in [-0.05, 0) is 18.2 Å². The molecule has 0 atom stereocenters. The number of rotatable bonds is 5. The van der Waals surface area contributed by atoms with E-state index in [1.54, 1.807) is 32.4 Å². The molecule has 21 heavy (non-hydrogen) atoms. The van der Waals surface area contributed by atoms with Crippen LogP contribution < -0.4 is 15.2 Å². The van der Waals surface area contributed by atoms with E-state index in [0.717, 1.165) is 17.3 Å². The van der Waals surface area contributed by atoms with Crippen LogP contribution in [0.25, 0.3) is 11.5 Å². The molecule has 0 amide bonds. The van der Waals surface area contributed by atoms with Crippen LogP contribution in [0.4, 0.5) is 0 Å². The fourth-order valence-electron chi connectivity index (χ4n) is 1.54. The first-order valence-corrected chi connectivity index (χ1v) is 6.64. The summed E-state index contributed by atoms with van der Waals surface area (Å²) in [5, 5.41) is 15.0. The van der Waals surface area contributed by atoms with Crippen LogP contribution in [0.2, 0.25) is 0 Å². The molecule has 1 aromatic heterocycles. The summed E-state index contributed by atoms with van der Waals surface area (Å²) < 4.78 is 15.9. The molecule has 7 nitrogen and oxygen atoms in total. The molecule has 0 bridgehead atoms. The molecule has 0 spiro atoms. The highest BCUT2D eigenvalue weighted by Gasteiger charge is 2.12. The van der Waals surface area contributed by atoms with Gasteiger partial charge in [0.15, 0.2) is 16.7 Å². The Morgan fingerprint density at radius 1 is 1.29 bits per heavy atom. The lowest BCUT2D eigenvalue weighted by Crippen LogP contribution is -2.03. The number of halogens is 1. The van der Waals surface area contributed by atoms with Crippen LogP contribution in [-0.4, -0.2) is 29.6 Å². The number of nitrogens with zero attached hydrogens (tertiary/aromatic N) is 2. The second kappa shape index (κ2) is 7.75. The molecule has 1 aromatic carbocycles. The van der Waals surface area contributed by atoms with Crippen molar-refractivity contribution >= 4 is 29.3 Å². The SMILES string of the molecule is COc1ccc(-c2nnc(CSC(=N)N)o2)cc1OC.Cl. The fourth-order valence-corrected chi connectivity index (χ4v) is 1.93. The van der Waals surface area contributed by atoms with Crippen LogP contribution in [0.15, 0.2) is 22.6 Å². The third kappa shape index (κ3) is 4.27. The van der Waals surface area contributed by atoms with Gasteiger partial charge in [-0.3, -0.25) is 5.41 Å². The van der Waals surface area contributed by atoms with Gasteiger partial charge >= 0.3 is 0 Å². The van der Waals surface area contributed by atoms with E-state index < -0.39 is 0 Å². The Bertz CT molecular complexity index is 620. The number of methoxy groups -OCH3 is 2. The summed E-state index contributed by atoms with van der Waals surface area (Å²) >= 11 is 1.13. The maximum Gasteiger partial charge on any atom is 0.247 e. The molecule has 1 heterocycles. The standard InChI is InChI=1S/C12H14N4O3S.ClH/c1-17-8-4-3-7(5-9(8)18-2)11-16-15-10(19-11)6-20-12(13)14;/h3-5H,6H2,1-2H3,(H3,13,14);1H. The minimum absolute atomic E-state index is 0. The molecule has 2 aromatic rings. The van der Waals surface area contributed by atoms with Crippen molar-refractivity contribution in [2.24, 2.45) is 5.73 Å². The summed E-state index contributed by atoms with van der Waals surface area (Å²) in [7, 11) is 3.13. The summed E-state index contributed by atoms with van der Waals surface area (Å²) in [5.41, 5.74) is 5.98. The number of ether oxygens (including phenoxy) is 2. The van der Waals surface area contributed by atoms with E-state index >= 15 is 0 Å². The van der Waals surface area contributed by atoms with Crippen molar-refractivity contribution in [2.45, 2.75) is 5.75 Å². The van der Waals surface area contributed by atoms with Crippen LogP contribution in [-0.2, 0) is 5.75 Å². The Balaban J connectivity index is 0.00000220. The molecule has 0 aliphatic rings. The topological polar surface area (TPSA) is 107 Å². The highest BCUT2D eigenvalue weighted by molar-refractivity contribution is 8.12. The number of hydrogen-bond donors (Lipinski definition) is 2. The van der Waals surface area contributed by atoms with Gasteiger partial charge in [-0.1, -0.05) is 11.8 Å². The van der Waals surface area contributed by atoms with E-state index in [4.69, 9.17) is 25.0 Å². The van der Waals surface area contributed by atoms with Crippen molar-refractivity contribution in [1.82, 2.24) is 10.2 Å². The molecule has 0 saturated heterocycles. The fraction of sp³-hybridized carbons (Fsp3) is 0.250. The third-order valence-electron chi connectivity index (χ3n) is 2.45. The second-order valence-corrected chi connectivity index (χ2v) is 4.74. The van der Waals surface area contributed by atoms with Crippen molar-refractivity contribution in [3.05, 3.63) is 24.1 Å². The quantitative estimate of drug-likeness (QED) is 0.639. The van der Waals surface area contributed by atoms with Crippen LogP contribution in [0.3, 0.4) is 0 Å². The maximum atomic E-state index is 7.13. The van der Waals surface area contributed by atoms with E-state index in [9.17, 15) is 0 Å². The van der Waals surface area contributed by atoms with Gasteiger partial charge in [0.2, 0.25) is 11.8 Å². The summed E-state index contributed by atoms with van der Waals surface area (Å²) in [6.45, 7) is 0. The van der Waals surface area contributed by atoms with Crippen molar-refractivity contribution in [2.75, 3.05) is 14.2 Å². The lowest BCUT2D eigenvalue weighted by atomic mass is 10.2. The van der Waals surface area contributed by atoms with Gasteiger partial charge < -0.3 is 19.6 Å². The lowest BCUT2D eigenvalue weighted by molar-refractivity contribution is 0.355. The average molecular weight is 331 g/mol. The number of nitrogens with two attached hydrogens (primary N) is 1. The number of aromatic nitrogens is 2. The molecule has 0 saturated carbocycles. The monoisotopic (exact) mass is 330 g/mol. The molecule has 9 heteroatoms. The molecule has 0 radical (unpaired) electrons. The molecular weight excluding hydrogens is 316 g/mol. The van der Waals surface area contributed by atoms with E-state index in [2.05, 4.69) is 10.2 Å². The Morgan fingerprint density at radius 2 is 2.00 bits per heavy atom. The predicted molar refractivity (Wildman–Crippen MR) is 83.3 cm³/mol. The molecular formula is C12H15ClN4O3S. The molecule has 0 fully saturated rings. The smallest absolute Gasteiger partial charge is 0.247 e. The zero-order chi connectivity index (χ0) is 14.5. The third-order valence-corrected chi connectivity index (χ3v) is 3.15. The molecule has 2 rings (SSSR count). The van der Waals surface area contributed by atoms with E-state index in [0.29, 0.717) is 29.0 Å². The summed E-state index contributed by atoms with van der Waals surface area (Å²) in [6, 6.07) is 5.33. The number of nitrogens with one attached hydrogen (secondary N) is 1. The van der Waals surface area contributed by atoms with Crippen LogP contribution in [0.1, 0.15) is 5.89 Å². The number of amidine groups is 1. The molecule has 0 aliphatic carbocycles. The van der Waals surface area contributed by atoms with Gasteiger partial charge in [0.1, 0.15) is 0 Å². The minimum atomic E-state index is 0. The first kappa shape index (κ1) is 17.1. The Hall–Kier alpha value is -1.93. The Kier molecular flexibility index (Phi) is 6.32. The number of hydrogen-bond acceptors (Lipinski definition) is 7. The number of benzene rings is 1. The van der Waals surface area contributed by atoms with Gasteiger partial charge in [-0.15, -0.1) is 22.6 Å². The molecule has 114 valence electrons. The first-order valence-electron chi connectivity index (χ1n) is 5.65. The van der Waals surface area contributed by atoms with E-state index in [1.165, 1.54) is 0 Å². The van der Waals surface area contributed by atoms with Crippen LogP contribution in [0.5, 0.6) is 11.5 Å². The minimum Gasteiger partial charge on any atom is -0.493 e. The van der Waals surface area contributed by atoms with Crippen molar-refractivity contribution in [1.29, 1.82) is 5.41 Å². The maximum absolute atomic E-state index is 7.13. The molecule has 0 aliphatic heterocycles. The Labute approximate surface area is 132 Å². The van der Waals surface area contributed by atoms with Gasteiger partial charge in [0, 0.05) is 5.56 Å². The highest BCUT2D eigenvalue weighted by atomic mass is 35.5. The van der Waals surface area contributed by atoms with Crippen molar-refractivity contribution < 1.29 is 13.9 Å². The second-order valence-electron chi connectivity index (χ2n) is 3.72. The first-order chi connectivity index (χ1) is 9.63. The predicted octanol–water partition coefficient (Wildman–Crippen LogP) is 2.30. The van der Waals surface area contributed by atoms with Crippen LogP contribution in [0, 0.1) is 5.41 Å². The van der Waals surface area contributed by atoms with Crippen LogP contribution >= 0.6 is 24.2 Å². The lowest BCUT2D eigenvalue weighted by Gasteiger charge is -2.07. The summed E-state index contributed by atoms with van der Waals surface area (Å²) in [6.07, 6.45) is 0. The summed E-state index contributed by atoms with van der Waals surface area (Å²) in [5.74, 6) is 2.38. The average Bonchev–Trinajstić information content (AvgIpc) is 2.93. The van der Waals surface area contributed by atoms with E-state index in [-0.39, 0.29) is 17.6 Å².